The SMILES string of the molecule is Cc1cnc(Nc2cccc(NC(=O)c3cccc(NC(=O)/C=C/CN(C)C)c3)c2)nc1-n1ccc2c(O)cccc21. The molecule has 0 aliphatic carbocycles. The molecule has 42 heavy (non-hydrogen) atoms. The van der Waals surface area contributed by atoms with Gasteiger partial charge in [-0.2, -0.15) is 4.98 Å². The minimum Gasteiger partial charge on any atom is -0.507 e. The average molecular weight is 562 g/mol. The summed E-state index contributed by atoms with van der Waals surface area (Å²) >= 11 is 0. The summed E-state index contributed by atoms with van der Waals surface area (Å²) in [6.45, 7) is 2.57. The zero-order chi connectivity index (χ0) is 29.6. The highest BCUT2D eigenvalue weighted by molar-refractivity contribution is 6.06. The first-order valence-electron chi connectivity index (χ1n) is 13.3. The molecule has 0 saturated carbocycles. The molecule has 10 nitrogen and oxygen atoms in total. The third-order valence-electron chi connectivity index (χ3n) is 6.39. The number of amides is 2. The van der Waals surface area contributed by atoms with Crippen LogP contribution in [-0.4, -0.2) is 57.0 Å². The number of carbonyl (C=O) groups excluding carboxylic acids is 2. The number of hydrogen-bond donors (Lipinski definition) is 4. The van der Waals surface area contributed by atoms with E-state index >= 15 is 0 Å². The lowest BCUT2D eigenvalue weighted by molar-refractivity contribution is -0.111. The van der Waals surface area contributed by atoms with E-state index in [1.807, 2.05) is 60.9 Å². The lowest BCUT2D eigenvalue weighted by atomic mass is 10.1. The van der Waals surface area contributed by atoms with Crippen molar-refractivity contribution in [2.24, 2.45) is 0 Å². The van der Waals surface area contributed by atoms with Crippen LogP contribution in [0.2, 0.25) is 0 Å². The maximum Gasteiger partial charge on any atom is 0.255 e. The number of fused-ring (bicyclic) bond motifs is 1. The van der Waals surface area contributed by atoms with Crippen LogP contribution in [0.15, 0.2) is 97.3 Å². The van der Waals surface area contributed by atoms with Gasteiger partial charge in [0.15, 0.2) is 0 Å². The van der Waals surface area contributed by atoms with Gasteiger partial charge in [0.25, 0.3) is 5.91 Å². The lowest BCUT2D eigenvalue weighted by Gasteiger charge is -2.12. The second kappa shape index (κ2) is 12.4. The van der Waals surface area contributed by atoms with Crippen LogP contribution >= 0.6 is 0 Å². The number of carbonyl (C=O) groups is 2. The number of hydrogen-bond acceptors (Lipinski definition) is 7. The Morgan fingerprint density at radius 2 is 1.69 bits per heavy atom. The molecular formula is C32H31N7O3. The fourth-order valence-electron chi connectivity index (χ4n) is 4.37. The minimum absolute atomic E-state index is 0.208. The molecule has 0 aliphatic rings. The molecule has 2 amide bonds. The summed E-state index contributed by atoms with van der Waals surface area (Å²) in [5.41, 5.74) is 3.88. The van der Waals surface area contributed by atoms with E-state index in [0.29, 0.717) is 40.9 Å². The van der Waals surface area contributed by atoms with Crippen LogP contribution < -0.4 is 16.0 Å². The van der Waals surface area contributed by atoms with Gasteiger partial charge in [-0.3, -0.25) is 9.59 Å². The molecule has 0 aliphatic heterocycles. The van der Waals surface area contributed by atoms with Crippen molar-refractivity contribution in [3.63, 3.8) is 0 Å². The van der Waals surface area contributed by atoms with Crippen LogP contribution in [0.25, 0.3) is 16.7 Å². The predicted molar refractivity (Wildman–Crippen MR) is 166 cm³/mol. The van der Waals surface area contributed by atoms with Crippen LogP contribution in [0.1, 0.15) is 15.9 Å². The maximum absolute atomic E-state index is 13.0. The topological polar surface area (TPSA) is 124 Å². The molecule has 0 saturated heterocycles. The summed E-state index contributed by atoms with van der Waals surface area (Å²) in [6, 6.07) is 21.2. The molecule has 0 radical (unpaired) electrons. The molecule has 5 aromatic rings. The van der Waals surface area contributed by atoms with E-state index in [9.17, 15) is 14.7 Å². The van der Waals surface area contributed by atoms with Gasteiger partial charge < -0.3 is 30.5 Å². The quantitative estimate of drug-likeness (QED) is 0.176. The zero-order valence-electron chi connectivity index (χ0n) is 23.5. The van der Waals surface area contributed by atoms with E-state index in [-0.39, 0.29) is 17.6 Å². The van der Waals surface area contributed by atoms with E-state index < -0.39 is 0 Å². The number of nitrogens with one attached hydrogen (secondary N) is 3. The van der Waals surface area contributed by atoms with Gasteiger partial charge in [0.05, 0.1) is 5.52 Å². The number of benzene rings is 3. The Balaban J connectivity index is 1.28. The van der Waals surface area contributed by atoms with Crippen LogP contribution in [0.3, 0.4) is 0 Å². The molecule has 212 valence electrons. The Morgan fingerprint density at radius 3 is 2.50 bits per heavy atom. The third kappa shape index (κ3) is 6.62. The molecule has 0 bridgehead atoms. The predicted octanol–water partition coefficient (Wildman–Crippen LogP) is 5.49. The van der Waals surface area contributed by atoms with Crippen LogP contribution in [0.5, 0.6) is 5.75 Å². The first-order chi connectivity index (χ1) is 20.3. The third-order valence-corrected chi connectivity index (χ3v) is 6.39. The van der Waals surface area contributed by atoms with Crippen molar-refractivity contribution in [3.8, 4) is 11.6 Å². The summed E-state index contributed by atoms with van der Waals surface area (Å²) in [5.74, 6) is 0.682. The Labute approximate surface area is 243 Å². The van der Waals surface area contributed by atoms with Crippen molar-refractivity contribution >= 4 is 45.7 Å². The molecule has 0 fully saturated rings. The van der Waals surface area contributed by atoms with Gasteiger partial charge in [0, 0.05) is 58.6 Å². The molecule has 5 rings (SSSR count). The lowest BCUT2D eigenvalue weighted by Crippen LogP contribution is -2.14. The number of phenols is 1. The maximum atomic E-state index is 13.0. The average Bonchev–Trinajstić information content (AvgIpc) is 3.39. The van der Waals surface area contributed by atoms with Crippen molar-refractivity contribution in [1.82, 2.24) is 19.4 Å². The van der Waals surface area contributed by atoms with Gasteiger partial charge in [0.1, 0.15) is 11.6 Å². The highest BCUT2D eigenvalue weighted by Gasteiger charge is 2.12. The standard InChI is InChI=1S/C32H31N7O3/c1-21-20-33-32(37-30(21)39-17-15-26-27(39)12-6-13-28(26)40)36-25-11-5-10-24(19-25)35-31(42)22-8-4-9-23(18-22)34-29(41)14-7-16-38(2)3/h4-15,17-20,40H,16H2,1-3H3,(H,34,41)(H,35,42)(H,33,36,37)/b14-7+. The molecular weight excluding hydrogens is 530 g/mol. The Morgan fingerprint density at radius 1 is 0.952 bits per heavy atom. The fourth-order valence-corrected chi connectivity index (χ4v) is 4.37. The monoisotopic (exact) mass is 561 g/mol. The first-order valence-corrected chi connectivity index (χ1v) is 13.3. The number of aryl methyl sites for hydroxylation is 1. The van der Waals surface area contributed by atoms with Crippen molar-refractivity contribution in [2.45, 2.75) is 6.92 Å². The fraction of sp³-hybridized carbons (Fsp3) is 0.125. The molecule has 0 atom stereocenters. The van der Waals surface area contributed by atoms with Gasteiger partial charge in [0.2, 0.25) is 11.9 Å². The number of rotatable bonds is 9. The van der Waals surface area contributed by atoms with Crippen LogP contribution in [0, 0.1) is 6.92 Å². The van der Waals surface area contributed by atoms with Gasteiger partial charge in [-0.15, -0.1) is 0 Å². The molecule has 4 N–H and O–H groups in total. The Kier molecular flexibility index (Phi) is 8.26. The van der Waals surface area contributed by atoms with E-state index in [1.54, 1.807) is 60.8 Å². The Hall–Kier alpha value is -5.48. The van der Waals surface area contributed by atoms with Crippen molar-refractivity contribution in [2.75, 3.05) is 36.6 Å². The number of aromatic hydroxyl groups is 1. The number of anilines is 4. The zero-order valence-corrected chi connectivity index (χ0v) is 23.5. The molecule has 0 spiro atoms. The normalized spacial score (nSPS) is 11.2. The highest BCUT2D eigenvalue weighted by atomic mass is 16.3. The highest BCUT2D eigenvalue weighted by Crippen LogP contribution is 2.28. The van der Waals surface area contributed by atoms with Crippen molar-refractivity contribution in [1.29, 1.82) is 0 Å². The first kappa shape index (κ1) is 28.1. The number of nitrogens with zero attached hydrogens (tertiary/aromatic N) is 4. The molecule has 2 aromatic heterocycles. The Bertz CT molecular complexity index is 1790. The van der Waals surface area contributed by atoms with E-state index in [0.717, 1.165) is 16.5 Å². The number of likely N-dealkylation sites (N-methyl/N-ethyl adjacent to an activating group) is 1. The minimum atomic E-state index is -0.317. The van der Waals surface area contributed by atoms with E-state index in [1.165, 1.54) is 6.08 Å². The van der Waals surface area contributed by atoms with Crippen LogP contribution in [0.4, 0.5) is 23.0 Å². The van der Waals surface area contributed by atoms with Gasteiger partial charge >= 0.3 is 0 Å². The van der Waals surface area contributed by atoms with Gasteiger partial charge in [-0.25, -0.2) is 4.98 Å². The van der Waals surface area contributed by atoms with Gasteiger partial charge in [-0.05, 0) is 75.6 Å². The second-order valence-corrected chi connectivity index (χ2v) is 9.99. The van der Waals surface area contributed by atoms with E-state index in [2.05, 4.69) is 20.9 Å². The number of phenolic OH excluding ortho intramolecular Hbond substituents is 1. The van der Waals surface area contributed by atoms with Crippen molar-refractivity contribution in [3.05, 3.63) is 108 Å². The smallest absolute Gasteiger partial charge is 0.255 e. The summed E-state index contributed by atoms with van der Waals surface area (Å²) in [6.07, 6.45) is 6.83. The van der Waals surface area contributed by atoms with Crippen molar-refractivity contribution < 1.29 is 14.7 Å². The molecule has 0 unspecified atom stereocenters. The largest absolute Gasteiger partial charge is 0.507 e. The number of aromatic nitrogens is 3. The van der Waals surface area contributed by atoms with Gasteiger partial charge in [-0.1, -0.05) is 24.3 Å². The van der Waals surface area contributed by atoms with E-state index in [4.69, 9.17) is 4.98 Å². The molecule has 3 aromatic carbocycles. The molecule has 2 heterocycles. The summed E-state index contributed by atoms with van der Waals surface area (Å²) in [7, 11) is 3.84. The molecule has 10 heteroatoms. The summed E-state index contributed by atoms with van der Waals surface area (Å²) < 4.78 is 1.91. The summed E-state index contributed by atoms with van der Waals surface area (Å²) in [5, 5.41) is 19.8. The second-order valence-electron chi connectivity index (χ2n) is 9.99. The summed E-state index contributed by atoms with van der Waals surface area (Å²) in [4.78, 5) is 36.3. The van der Waals surface area contributed by atoms with Crippen LogP contribution in [-0.2, 0) is 4.79 Å².